The van der Waals surface area contributed by atoms with Crippen LogP contribution in [0.15, 0.2) is 30.6 Å². The Morgan fingerprint density at radius 1 is 1.24 bits per heavy atom. The summed E-state index contributed by atoms with van der Waals surface area (Å²) in [5.74, 6) is 0.569. The number of amides is 1. The van der Waals surface area contributed by atoms with Crippen LogP contribution in [0.2, 0.25) is 5.28 Å². The Hall–Kier alpha value is -2.41. The highest BCUT2D eigenvalue weighted by Crippen LogP contribution is 2.57. The molecule has 1 spiro atoms. The van der Waals surface area contributed by atoms with Gasteiger partial charge in [0.05, 0.1) is 0 Å². The number of pyridine rings is 1. The number of anilines is 1. The maximum absolute atomic E-state index is 11.4. The number of nitrogens with one attached hydrogen (secondary N) is 1. The van der Waals surface area contributed by atoms with Crippen LogP contribution >= 0.6 is 11.6 Å². The molecule has 2 aromatic heterocycles. The van der Waals surface area contributed by atoms with Crippen LogP contribution in [-0.2, 0) is 0 Å². The van der Waals surface area contributed by atoms with Crippen molar-refractivity contribution in [3.05, 3.63) is 41.4 Å². The van der Waals surface area contributed by atoms with Gasteiger partial charge in [-0.2, -0.15) is 0 Å². The van der Waals surface area contributed by atoms with E-state index < -0.39 is 5.91 Å². The molecule has 0 atom stereocenters. The first-order valence-corrected chi connectivity index (χ1v) is 8.57. The van der Waals surface area contributed by atoms with Gasteiger partial charge in [-0.15, -0.1) is 0 Å². The first-order valence-electron chi connectivity index (χ1n) is 8.20. The number of carbonyl (C=O) groups excluding carboxylic acids is 1. The van der Waals surface area contributed by atoms with Crippen LogP contribution in [0.5, 0.6) is 5.88 Å². The smallest absolute Gasteiger partial charge is 0.254 e. The van der Waals surface area contributed by atoms with Crippen LogP contribution in [0, 0.1) is 5.41 Å². The highest BCUT2D eigenvalue weighted by molar-refractivity contribution is 6.28. The minimum atomic E-state index is -0.520. The quantitative estimate of drug-likeness (QED) is 0.795. The van der Waals surface area contributed by atoms with Crippen molar-refractivity contribution in [3.8, 4) is 5.88 Å². The van der Waals surface area contributed by atoms with Crippen molar-refractivity contribution in [2.75, 3.05) is 5.32 Å². The number of nitrogens with two attached hydrogens (primary N) is 1. The van der Waals surface area contributed by atoms with E-state index >= 15 is 0 Å². The molecule has 2 aliphatic rings. The number of hydrogen-bond donors (Lipinski definition) is 2. The van der Waals surface area contributed by atoms with Gasteiger partial charge >= 0.3 is 0 Å². The molecule has 3 N–H and O–H groups in total. The van der Waals surface area contributed by atoms with Crippen LogP contribution in [-0.4, -0.2) is 33.0 Å². The van der Waals surface area contributed by atoms with Crippen LogP contribution in [0.4, 0.5) is 5.82 Å². The van der Waals surface area contributed by atoms with E-state index in [1.54, 1.807) is 24.5 Å². The molecule has 8 heteroatoms. The topological polar surface area (TPSA) is 103 Å². The monoisotopic (exact) mass is 359 g/mol. The molecule has 0 saturated heterocycles. The SMILES string of the molecule is NC(=O)c1cccnc1OC1CC2(CC(Nc3ccnc(Cl)n3)C2)C1. The van der Waals surface area contributed by atoms with Gasteiger partial charge in [0.15, 0.2) is 0 Å². The van der Waals surface area contributed by atoms with Gasteiger partial charge in [0.2, 0.25) is 11.2 Å². The van der Waals surface area contributed by atoms with Crippen molar-refractivity contribution in [1.82, 2.24) is 15.0 Å². The Morgan fingerprint density at radius 3 is 2.76 bits per heavy atom. The molecular formula is C17H18ClN5O2. The number of ether oxygens (including phenoxy) is 1. The molecular weight excluding hydrogens is 342 g/mol. The summed E-state index contributed by atoms with van der Waals surface area (Å²) in [5, 5.41) is 3.63. The van der Waals surface area contributed by atoms with Crippen molar-refractivity contribution in [3.63, 3.8) is 0 Å². The fourth-order valence-corrected chi connectivity index (χ4v) is 4.01. The van der Waals surface area contributed by atoms with Crippen LogP contribution in [0.1, 0.15) is 36.0 Å². The second-order valence-electron chi connectivity index (χ2n) is 6.83. The molecule has 25 heavy (non-hydrogen) atoms. The van der Waals surface area contributed by atoms with Crippen LogP contribution in [0.3, 0.4) is 0 Å². The molecule has 7 nitrogen and oxygen atoms in total. The average molecular weight is 360 g/mol. The minimum absolute atomic E-state index is 0.0856. The molecule has 2 aromatic rings. The maximum atomic E-state index is 11.4. The van der Waals surface area contributed by atoms with Crippen molar-refractivity contribution >= 4 is 23.3 Å². The predicted molar refractivity (Wildman–Crippen MR) is 92.5 cm³/mol. The fourth-order valence-electron chi connectivity index (χ4n) is 3.87. The van der Waals surface area contributed by atoms with E-state index in [0.717, 1.165) is 31.5 Å². The molecule has 0 unspecified atom stereocenters. The molecule has 0 aromatic carbocycles. The van der Waals surface area contributed by atoms with Crippen molar-refractivity contribution in [2.24, 2.45) is 11.1 Å². The highest BCUT2D eigenvalue weighted by atomic mass is 35.5. The molecule has 4 rings (SSSR count). The maximum Gasteiger partial charge on any atom is 0.254 e. The van der Waals surface area contributed by atoms with E-state index in [2.05, 4.69) is 20.3 Å². The standard InChI is InChI=1S/C17H18ClN5O2/c18-16-21-5-3-13(23-16)22-10-6-17(7-10)8-11(9-17)25-15-12(14(19)24)2-1-4-20-15/h1-5,10-11H,6-9H2,(H2,19,24)(H,21,22,23). The summed E-state index contributed by atoms with van der Waals surface area (Å²) in [6, 6.07) is 5.52. The molecule has 2 saturated carbocycles. The van der Waals surface area contributed by atoms with Crippen molar-refractivity contribution in [1.29, 1.82) is 0 Å². The number of aromatic nitrogens is 3. The zero-order chi connectivity index (χ0) is 17.4. The number of rotatable bonds is 5. The van der Waals surface area contributed by atoms with Gasteiger partial charge in [-0.05, 0) is 60.9 Å². The Balaban J connectivity index is 1.28. The average Bonchev–Trinajstić information content (AvgIpc) is 2.51. The van der Waals surface area contributed by atoms with E-state index in [4.69, 9.17) is 22.1 Å². The van der Waals surface area contributed by atoms with E-state index in [0.29, 0.717) is 22.9 Å². The molecule has 0 bridgehead atoms. The second-order valence-corrected chi connectivity index (χ2v) is 7.17. The first-order chi connectivity index (χ1) is 12.0. The number of primary amides is 1. The molecule has 2 heterocycles. The largest absolute Gasteiger partial charge is 0.474 e. The van der Waals surface area contributed by atoms with E-state index in [9.17, 15) is 4.79 Å². The molecule has 2 aliphatic carbocycles. The number of nitrogens with zero attached hydrogens (tertiary/aromatic N) is 3. The Morgan fingerprint density at radius 2 is 2.04 bits per heavy atom. The van der Waals surface area contributed by atoms with Gasteiger partial charge in [0.25, 0.3) is 5.91 Å². The second kappa shape index (κ2) is 6.15. The molecule has 1 amide bonds. The number of carbonyl (C=O) groups is 1. The zero-order valence-corrected chi connectivity index (χ0v) is 14.2. The Labute approximate surface area is 150 Å². The van der Waals surface area contributed by atoms with Gasteiger partial charge < -0.3 is 15.8 Å². The summed E-state index contributed by atoms with van der Waals surface area (Å²) in [6.07, 6.45) is 7.39. The third-order valence-electron chi connectivity index (χ3n) is 4.97. The summed E-state index contributed by atoms with van der Waals surface area (Å²) in [4.78, 5) is 23.6. The fraction of sp³-hybridized carbons (Fsp3) is 0.412. The van der Waals surface area contributed by atoms with Crippen molar-refractivity contribution in [2.45, 2.75) is 37.8 Å². The summed E-state index contributed by atoms with van der Waals surface area (Å²) in [5.41, 5.74) is 6.01. The van der Waals surface area contributed by atoms with Crippen LogP contribution < -0.4 is 15.8 Å². The Bertz CT molecular complexity index is 801. The van der Waals surface area contributed by atoms with Crippen molar-refractivity contribution < 1.29 is 9.53 Å². The third kappa shape index (κ3) is 3.24. The minimum Gasteiger partial charge on any atom is -0.474 e. The lowest BCUT2D eigenvalue weighted by atomic mass is 9.53. The summed E-state index contributed by atoms with van der Waals surface area (Å²) < 4.78 is 5.87. The number of hydrogen-bond acceptors (Lipinski definition) is 6. The first kappa shape index (κ1) is 16.1. The molecule has 2 fully saturated rings. The lowest BCUT2D eigenvalue weighted by Crippen LogP contribution is -2.56. The van der Waals surface area contributed by atoms with Gasteiger partial charge in [-0.25, -0.2) is 15.0 Å². The van der Waals surface area contributed by atoms with E-state index in [1.165, 1.54) is 0 Å². The molecule has 0 radical (unpaired) electrons. The predicted octanol–water partition coefficient (Wildman–Crippen LogP) is 2.43. The summed E-state index contributed by atoms with van der Waals surface area (Å²) in [7, 11) is 0. The van der Waals surface area contributed by atoms with Gasteiger partial charge in [-0.1, -0.05) is 0 Å². The lowest BCUT2D eigenvalue weighted by molar-refractivity contribution is -0.0759. The molecule has 0 aliphatic heterocycles. The summed E-state index contributed by atoms with van der Waals surface area (Å²) in [6.45, 7) is 0. The molecule has 130 valence electrons. The van der Waals surface area contributed by atoms with Gasteiger partial charge in [-0.3, -0.25) is 4.79 Å². The normalized spacial score (nSPS) is 27.2. The Kier molecular flexibility index (Phi) is 3.95. The lowest BCUT2D eigenvalue weighted by Gasteiger charge is -2.57. The zero-order valence-electron chi connectivity index (χ0n) is 13.5. The van der Waals surface area contributed by atoms with E-state index in [-0.39, 0.29) is 11.4 Å². The van der Waals surface area contributed by atoms with E-state index in [1.807, 2.05) is 6.07 Å². The highest BCUT2D eigenvalue weighted by Gasteiger charge is 2.54. The summed E-state index contributed by atoms with van der Waals surface area (Å²) >= 11 is 5.80. The number of halogens is 1. The third-order valence-corrected chi connectivity index (χ3v) is 5.16. The van der Waals surface area contributed by atoms with Gasteiger partial charge in [0.1, 0.15) is 17.5 Å². The van der Waals surface area contributed by atoms with Gasteiger partial charge in [0, 0.05) is 18.4 Å². The van der Waals surface area contributed by atoms with Crippen LogP contribution in [0.25, 0.3) is 0 Å².